The van der Waals surface area contributed by atoms with Crippen molar-refractivity contribution in [1.29, 1.82) is 0 Å². The molecule has 0 saturated carbocycles. The van der Waals surface area contributed by atoms with Crippen LogP contribution < -0.4 is 16.0 Å². The number of carbonyl (C=O) groups is 2. The van der Waals surface area contributed by atoms with Crippen LogP contribution in [-0.2, 0) is 6.42 Å². The molecule has 0 aliphatic carbocycles. The normalized spacial score (nSPS) is 10.8. The van der Waals surface area contributed by atoms with Gasteiger partial charge in [0.15, 0.2) is 0 Å². The second kappa shape index (κ2) is 8.68. The molecule has 0 saturated heterocycles. The highest BCUT2D eigenvalue weighted by Crippen LogP contribution is 2.25. The minimum atomic E-state index is -0.259. The molecule has 3 aromatic rings. The van der Waals surface area contributed by atoms with Crippen molar-refractivity contribution in [3.8, 4) is 0 Å². The van der Waals surface area contributed by atoms with Crippen LogP contribution in [0.5, 0.6) is 0 Å². The maximum absolute atomic E-state index is 12.3. The predicted octanol–water partition coefficient (Wildman–Crippen LogP) is 4.40. The lowest BCUT2D eigenvalue weighted by atomic mass is 10.1. The summed E-state index contributed by atoms with van der Waals surface area (Å²) in [7, 11) is 0. The van der Waals surface area contributed by atoms with Gasteiger partial charge in [-0.3, -0.25) is 4.79 Å². The molecular formula is C21H23N3O2S. The topological polar surface area (TPSA) is 70.2 Å². The molecule has 2 aromatic carbocycles. The molecular weight excluding hydrogens is 358 g/mol. The average Bonchev–Trinajstić information content (AvgIpc) is 3.05. The van der Waals surface area contributed by atoms with E-state index in [2.05, 4.69) is 33.5 Å². The quantitative estimate of drug-likeness (QED) is 0.592. The largest absolute Gasteiger partial charge is 0.352 e. The van der Waals surface area contributed by atoms with Crippen molar-refractivity contribution in [2.24, 2.45) is 0 Å². The predicted molar refractivity (Wildman–Crippen MR) is 112 cm³/mol. The standard InChI is InChI=1S/C21H23N3O2S/c1-14(2)23-21(26)24-17-9-7-15(8-10-17)20(25)22-12-11-16-13-27-19-6-4-3-5-18(16)19/h3-10,13-14H,11-12H2,1-2H3,(H,22,25)(H2,23,24,26). The summed E-state index contributed by atoms with van der Waals surface area (Å²) in [6.07, 6.45) is 0.796. The lowest BCUT2D eigenvalue weighted by Crippen LogP contribution is -2.34. The number of anilines is 1. The Morgan fingerprint density at radius 1 is 1.04 bits per heavy atom. The van der Waals surface area contributed by atoms with Gasteiger partial charge in [0.05, 0.1) is 0 Å². The molecule has 140 valence electrons. The van der Waals surface area contributed by atoms with Crippen molar-refractivity contribution in [2.75, 3.05) is 11.9 Å². The molecule has 0 aliphatic heterocycles. The summed E-state index contributed by atoms with van der Waals surface area (Å²) in [5, 5.41) is 11.9. The van der Waals surface area contributed by atoms with Gasteiger partial charge >= 0.3 is 6.03 Å². The second-order valence-electron chi connectivity index (χ2n) is 6.59. The van der Waals surface area contributed by atoms with Crippen molar-refractivity contribution in [2.45, 2.75) is 26.3 Å². The summed E-state index contributed by atoms with van der Waals surface area (Å²) in [6, 6.07) is 15.0. The van der Waals surface area contributed by atoms with Gasteiger partial charge in [-0.25, -0.2) is 4.79 Å². The number of nitrogens with one attached hydrogen (secondary N) is 3. The summed E-state index contributed by atoms with van der Waals surface area (Å²) in [5.74, 6) is -0.118. The van der Waals surface area contributed by atoms with Gasteiger partial charge in [0.25, 0.3) is 5.91 Å². The van der Waals surface area contributed by atoms with Crippen molar-refractivity contribution in [3.05, 3.63) is 65.0 Å². The number of rotatable bonds is 6. The lowest BCUT2D eigenvalue weighted by molar-refractivity contribution is 0.0954. The maximum Gasteiger partial charge on any atom is 0.319 e. The first-order chi connectivity index (χ1) is 13.0. The van der Waals surface area contributed by atoms with Gasteiger partial charge in [-0.1, -0.05) is 18.2 Å². The first kappa shape index (κ1) is 18.9. The molecule has 0 atom stereocenters. The molecule has 0 fully saturated rings. The molecule has 27 heavy (non-hydrogen) atoms. The first-order valence-corrected chi connectivity index (χ1v) is 9.82. The zero-order chi connectivity index (χ0) is 19.2. The Kier molecular flexibility index (Phi) is 6.08. The molecule has 0 spiro atoms. The van der Waals surface area contributed by atoms with Crippen molar-refractivity contribution in [1.82, 2.24) is 10.6 Å². The molecule has 0 aliphatic rings. The Balaban J connectivity index is 1.51. The number of hydrogen-bond acceptors (Lipinski definition) is 3. The van der Waals surface area contributed by atoms with Crippen molar-refractivity contribution >= 4 is 39.0 Å². The molecule has 0 bridgehead atoms. The maximum atomic E-state index is 12.3. The molecule has 3 N–H and O–H groups in total. The van der Waals surface area contributed by atoms with Gasteiger partial charge in [0.2, 0.25) is 0 Å². The molecule has 1 heterocycles. The fourth-order valence-electron chi connectivity index (χ4n) is 2.77. The zero-order valence-electron chi connectivity index (χ0n) is 15.4. The third-order valence-corrected chi connectivity index (χ3v) is 5.08. The number of benzene rings is 2. The van der Waals surface area contributed by atoms with E-state index in [4.69, 9.17) is 0 Å². The van der Waals surface area contributed by atoms with E-state index in [1.165, 1.54) is 15.6 Å². The van der Waals surface area contributed by atoms with Crippen LogP contribution >= 0.6 is 11.3 Å². The summed E-state index contributed by atoms with van der Waals surface area (Å²) in [6.45, 7) is 4.37. The number of thiophene rings is 1. The number of hydrogen-bond donors (Lipinski definition) is 3. The van der Waals surface area contributed by atoms with Crippen LogP contribution in [0.4, 0.5) is 10.5 Å². The number of carbonyl (C=O) groups excluding carboxylic acids is 2. The minimum Gasteiger partial charge on any atom is -0.352 e. The third-order valence-electron chi connectivity index (χ3n) is 4.07. The van der Waals surface area contributed by atoms with Crippen LogP contribution in [0.2, 0.25) is 0 Å². The van der Waals surface area contributed by atoms with Gasteiger partial charge in [-0.05, 0) is 66.9 Å². The molecule has 6 heteroatoms. The highest BCUT2D eigenvalue weighted by molar-refractivity contribution is 7.17. The Bertz CT molecular complexity index is 932. The molecule has 0 radical (unpaired) electrons. The SMILES string of the molecule is CC(C)NC(=O)Nc1ccc(C(=O)NCCc2csc3ccccc23)cc1. The van der Waals surface area contributed by atoms with E-state index in [0.717, 1.165) is 6.42 Å². The Morgan fingerprint density at radius 2 is 1.78 bits per heavy atom. The summed E-state index contributed by atoms with van der Waals surface area (Å²) in [5.41, 5.74) is 2.47. The lowest BCUT2D eigenvalue weighted by Gasteiger charge is -2.10. The van der Waals surface area contributed by atoms with E-state index in [9.17, 15) is 9.59 Å². The zero-order valence-corrected chi connectivity index (χ0v) is 16.2. The van der Waals surface area contributed by atoms with Crippen LogP contribution in [0.15, 0.2) is 53.9 Å². The fraction of sp³-hybridized carbons (Fsp3) is 0.238. The Morgan fingerprint density at radius 3 is 2.52 bits per heavy atom. The molecule has 1 aromatic heterocycles. The molecule has 5 nitrogen and oxygen atoms in total. The van der Waals surface area contributed by atoms with Gasteiger partial charge in [-0.15, -0.1) is 11.3 Å². The summed E-state index contributed by atoms with van der Waals surface area (Å²) >= 11 is 1.73. The van der Waals surface area contributed by atoms with Crippen LogP contribution in [0.25, 0.3) is 10.1 Å². The van der Waals surface area contributed by atoms with E-state index in [-0.39, 0.29) is 18.0 Å². The van der Waals surface area contributed by atoms with Gasteiger partial charge in [0.1, 0.15) is 0 Å². The number of urea groups is 1. The van der Waals surface area contributed by atoms with Crippen LogP contribution in [0.3, 0.4) is 0 Å². The fourth-order valence-corrected chi connectivity index (χ4v) is 3.77. The van der Waals surface area contributed by atoms with E-state index in [1.807, 2.05) is 26.0 Å². The molecule has 0 unspecified atom stereocenters. The molecule has 3 amide bonds. The Labute approximate surface area is 162 Å². The van der Waals surface area contributed by atoms with Gasteiger partial charge in [0, 0.05) is 28.5 Å². The van der Waals surface area contributed by atoms with E-state index in [1.54, 1.807) is 35.6 Å². The van der Waals surface area contributed by atoms with Crippen molar-refractivity contribution < 1.29 is 9.59 Å². The van der Waals surface area contributed by atoms with E-state index >= 15 is 0 Å². The van der Waals surface area contributed by atoms with Crippen LogP contribution in [0, 0.1) is 0 Å². The van der Waals surface area contributed by atoms with E-state index < -0.39 is 0 Å². The highest BCUT2D eigenvalue weighted by atomic mass is 32.1. The van der Waals surface area contributed by atoms with Crippen molar-refractivity contribution in [3.63, 3.8) is 0 Å². The van der Waals surface area contributed by atoms with Gasteiger partial charge in [-0.2, -0.15) is 0 Å². The van der Waals surface area contributed by atoms with Crippen LogP contribution in [0.1, 0.15) is 29.8 Å². The number of fused-ring (bicyclic) bond motifs is 1. The Hall–Kier alpha value is -2.86. The third kappa shape index (κ3) is 5.08. The smallest absolute Gasteiger partial charge is 0.319 e. The first-order valence-electron chi connectivity index (χ1n) is 8.94. The summed E-state index contributed by atoms with van der Waals surface area (Å²) in [4.78, 5) is 24.0. The monoisotopic (exact) mass is 381 g/mol. The highest BCUT2D eigenvalue weighted by Gasteiger charge is 2.08. The van der Waals surface area contributed by atoms with Crippen LogP contribution in [-0.4, -0.2) is 24.5 Å². The van der Waals surface area contributed by atoms with Gasteiger partial charge < -0.3 is 16.0 Å². The second-order valence-corrected chi connectivity index (χ2v) is 7.50. The average molecular weight is 382 g/mol. The molecule has 3 rings (SSSR count). The number of amides is 3. The summed E-state index contributed by atoms with van der Waals surface area (Å²) < 4.78 is 1.27. The van der Waals surface area contributed by atoms with E-state index in [0.29, 0.717) is 17.8 Å². The minimum absolute atomic E-state index is 0.0652.